The monoisotopic (exact) mass is 331 g/mol. The van der Waals surface area contributed by atoms with Crippen LogP contribution in [0.25, 0.3) is 0 Å². The van der Waals surface area contributed by atoms with E-state index in [0.29, 0.717) is 24.8 Å². The molecule has 1 amide bonds. The van der Waals surface area contributed by atoms with E-state index in [9.17, 15) is 14.7 Å². The minimum absolute atomic E-state index is 0.0823. The van der Waals surface area contributed by atoms with Gasteiger partial charge in [-0.25, -0.2) is 0 Å². The standard InChI is InChI=1S/C12H14BrNO3S/c13-7-10(16)11-2-1-8(18-11)3-5-14-6-4-9(15)12(14)17/h1-2,9,15H,3-7H2. The summed E-state index contributed by atoms with van der Waals surface area (Å²) in [6, 6.07) is 3.75. The third-order valence-electron chi connectivity index (χ3n) is 2.96. The van der Waals surface area contributed by atoms with Crippen molar-refractivity contribution in [2.75, 3.05) is 18.4 Å². The summed E-state index contributed by atoms with van der Waals surface area (Å²) in [5.74, 6) is -0.0952. The summed E-state index contributed by atoms with van der Waals surface area (Å²) in [5, 5.41) is 9.67. The second-order valence-corrected chi connectivity index (χ2v) is 5.93. The van der Waals surface area contributed by atoms with Gasteiger partial charge in [0.2, 0.25) is 0 Å². The molecule has 1 aromatic rings. The van der Waals surface area contributed by atoms with Gasteiger partial charge in [0.1, 0.15) is 6.10 Å². The summed E-state index contributed by atoms with van der Waals surface area (Å²) in [5.41, 5.74) is 0. The Morgan fingerprint density at radius 1 is 1.56 bits per heavy atom. The Bertz CT molecular complexity index is 460. The molecule has 1 atom stereocenters. The van der Waals surface area contributed by atoms with Gasteiger partial charge in [-0.05, 0) is 25.0 Å². The molecule has 0 aliphatic carbocycles. The average Bonchev–Trinajstić information content (AvgIpc) is 2.96. The van der Waals surface area contributed by atoms with Gasteiger partial charge in [0.15, 0.2) is 5.78 Å². The molecule has 1 aromatic heterocycles. The molecule has 1 N–H and O–H groups in total. The number of halogens is 1. The normalized spacial score (nSPS) is 19.6. The van der Waals surface area contributed by atoms with Crippen LogP contribution in [0.1, 0.15) is 21.0 Å². The Balaban J connectivity index is 1.89. The number of Topliss-reactive ketones (excluding diaryl/α,β-unsaturated/α-hetero) is 1. The highest BCUT2D eigenvalue weighted by atomic mass is 79.9. The molecule has 1 fully saturated rings. The molecule has 2 rings (SSSR count). The van der Waals surface area contributed by atoms with Gasteiger partial charge in [-0.2, -0.15) is 0 Å². The van der Waals surface area contributed by atoms with Crippen LogP contribution in [0.3, 0.4) is 0 Å². The smallest absolute Gasteiger partial charge is 0.251 e. The van der Waals surface area contributed by atoms with Crippen molar-refractivity contribution in [1.82, 2.24) is 4.90 Å². The summed E-state index contributed by atoms with van der Waals surface area (Å²) < 4.78 is 0. The van der Waals surface area contributed by atoms with Gasteiger partial charge in [0.05, 0.1) is 10.2 Å². The van der Waals surface area contributed by atoms with E-state index in [-0.39, 0.29) is 11.7 Å². The summed E-state index contributed by atoms with van der Waals surface area (Å²) in [6.07, 6.45) is 0.439. The van der Waals surface area contributed by atoms with Crippen molar-refractivity contribution in [3.63, 3.8) is 0 Å². The quantitative estimate of drug-likeness (QED) is 0.656. The molecule has 0 spiro atoms. The van der Waals surface area contributed by atoms with Crippen molar-refractivity contribution in [1.29, 1.82) is 0 Å². The predicted octanol–water partition coefficient (Wildman–Crippen LogP) is 1.46. The lowest BCUT2D eigenvalue weighted by molar-refractivity contribution is -0.134. The minimum atomic E-state index is -0.820. The topological polar surface area (TPSA) is 57.6 Å². The lowest BCUT2D eigenvalue weighted by atomic mass is 10.3. The number of hydrogen-bond donors (Lipinski definition) is 1. The molecule has 1 saturated heterocycles. The highest BCUT2D eigenvalue weighted by molar-refractivity contribution is 9.09. The fourth-order valence-corrected chi connectivity index (χ4v) is 3.34. The van der Waals surface area contributed by atoms with E-state index in [1.807, 2.05) is 12.1 Å². The second-order valence-electron chi connectivity index (χ2n) is 4.20. The third-order valence-corrected chi connectivity index (χ3v) is 4.65. The van der Waals surface area contributed by atoms with E-state index in [4.69, 9.17) is 0 Å². The number of aliphatic hydroxyl groups is 1. The lowest BCUT2D eigenvalue weighted by Gasteiger charge is -2.14. The Kier molecular flexibility index (Phi) is 4.53. The highest BCUT2D eigenvalue weighted by Gasteiger charge is 2.29. The zero-order valence-electron chi connectivity index (χ0n) is 9.76. The van der Waals surface area contributed by atoms with Crippen LogP contribution in [0, 0.1) is 0 Å². The molecule has 1 aliphatic rings. The number of nitrogens with zero attached hydrogens (tertiary/aromatic N) is 1. The number of amides is 1. The Labute approximate surface area is 118 Å². The minimum Gasteiger partial charge on any atom is -0.383 e. The number of likely N-dealkylation sites (tertiary alicyclic amines) is 1. The summed E-state index contributed by atoms with van der Waals surface area (Å²) in [7, 11) is 0. The zero-order chi connectivity index (χ0) is 13.1. The number of hydrogen-bond acceptors (Lipinski definition) is 4. The molecule has 18 heavy (non-hydrogen) atoms. The second kappa shape index (κ2) is 5.95. The van der Waals surface area contributed by atoms with Gasteiger partial charge in [-0.3, -0.25) is 9.59 Å². The zero-order valence-corrected chi connectivity index (χ0v) is 12.2. The fraction of sp³-hybridized carbons (Fsp3) is 0.500. The van der Waals surface area contributed by atoms with Crippen molar-refractivity contribution in [3.8, 4) is 0 Å². The van der Waals surface area contributed by atoms with E-state index in [2.05, 4.69) is 15.9 Å². The molecule has 1 aliphatic heterocycles. The Hall–Kier alpha value is -0.720. The summed E-state index contributed by atoms with van der Waals surface area (Å²) in [4.78, 5) is 26.5. The van der Waals surface area contributed by atoms with Crippen LogP contribution in [-0.2, 0) is 11.2 Å². The van der Waals surface area contributed by atoms with Crippen LogP contribution in [0.2, 0.25) is 0 Å². The predicted molar refractivity (Wildman–Crippen MR) is 73.4 cm³/mol. The molecule has 6 heteroatoms. The van der Waals surface area contributed by atoms with E-state index in [1.165, 1.54) is 11.3 Å². The molecule has 4 nitrogen and oxygen atoms in total. The van der Waals surface area contributed by atoms with Gasteiger partial charge >= 0.3 is 0 Å². The molecule has 0 radical (unpaired) electrons. The number of ketones is 1. The molecule has 98 valence electrons. The van der Waals surface area contributed by atoms with Gasteiger partial charge in [0.25, 0.3) is 5.91 Å². The van der Waals surface area contributed by atoms with E-state index in [1.54, 1.807) is 4.90 Å². The van der Waals surface area contributed by atoms with Crippen molar-refractivity contribution >= 4 is 39.0 Å². The summed E-state index contributed by atoms with van der Waals surface area (Å²) >= 11 is 4.62. The van der Waals surface area contributed by atoms with E-state index >= 15 is 0 Å². The third kappa shape index (κ3) is 2.99. The van der Waals surface area contributed by atoms with Crippen molar-refractivity contribution in [2.45, 2.75) is 18.9 Å². The molecule has 2 heterocycles. The first kappa shape index (κ1) is 13.7. The molecule has 0 bridgehead atoms. The maximum absolute atomic E-state index is 11.5. The first-order valence-electron chi connectivity index (χ1n) is 5.76. The van der Waals surface area contributed by atoms with Crippen molar-refractivity contribution in [3.05, 3.63) is 21.9 Å². The molecular weight excluding hydrogens is 318 g/mol. The van der Waals surface area contributed by atoms with Crippen LogP contribution in [0.4, 0.5) is 0 Å². The number of alkyl halides is 1. The van der Waals surface area contributed by atoms with Crippen LogP contribution in [0.5, 0.6) is 0 Å². The van der Waals surface area contributed by atoms with E-state index < -0.39 is 6.10 Å². The summed E-state index contributed by atoms with van der Waals surface area (Å²) in [6.45, 7) is 1.23. The molecule has 1 unspecified atom stereocenters. The fourth-order valence-electron chi connectivity index (χ4n) is 1.92. The van der Waals surface area contributed by atoms with E-state index in [0.717, 1.165) is 16.2 Å². The number of carbonyl (C=O) groups excluding carboxylic acids is 2. The number of thiophene rings is 1. The Morgan fingerprint density at radius 3 is 2.94 bits per heavy atom. The largest absolute Gasteiger partial charge is 0.383 e. The van der Waals surface area contributed by atoms with Gasteiger partial charge in [-0.15, -0.1) is 11.3 Å². The lowest BCUT2D eigenvalue weighted by Crippen LogP contribution is -2.31. The van der Waals surface area contributed by atoms with Crippen LogP contribution in [-0.4, -0.2) is 46.2 Å². The number of rotatable bonds is 5. The highest BCUT2D eigenvalue weighted by Crippen LogP contribution is 2.19. The maximum atomic E-state index is 11.5. The molecule has 0 saturated carbocycles. The van der Waals surface area contributed by atoms with Crippen molar-refractivity contribution < 1.29 is 14.7 Å². The van der Waals surface area contributed by atoms with Crippen LogP contribution < -0.4 is 0 Å². The first-order valence-corrected chi connectivity index (χ1v) is 7.70. The average molecular weight is 332 g/mol. The SMILES string of the molecule is O=C(CBr)c1ccc(CCN2CCC(O)C2=O)s1. The molecular formula is C12H14BrNO3S. The van der Waals surface area contributed by atoms with Gasteiger partial charge in [-0.1, -0.05) is 15.9 Å². The first-order chi connectivity index (χ1) is 8.61. The van der Waals surface area contributed by atoms with Crippen LogP contribution in [0.15, 0.2) is 12.1 Å². The van der Waals surface area contributed by atoms with Gasteiger partial charge < -0.3 is 10.0 Å². The number of carbonyl (C=O) groups is 2. The van der Waals surface area contributed by atoms with Crippen LogP contribution >= 0.6 is 27.3 Å². The van der Waals surface area contributed by atoms with Crippen molar-refractivity contribution in [2.24, 2.45) is 0 Å². The molecule has 0 aromatic carbocycles. The number of aliphatic hydroxyl groups excluding tert-OH is 1. The maximum Gasteiger partial charge on any atom is 0.251 e. The van der Waals surface area contributed by atoms with Gasteiger partial charge in [0, 0.05) is 18.0 Å². The Morgan fingerprint density at radius 2 is 2.33 bits per heavy atom.